The molecule has 2 aromatic rings. The summed E-state index contributed by atoms with van der Waals surface area (Å²) < 4.78 is 5.29. The molecule has 0 radical (unpaired) electrons. The number of benzene rings is 2. The Morgan fingerprint density at radius 3 is 2.12 bits per heavy atom. The first-order valence-electron chi connectivity index (χ1n) is 13.0. The smallest absolute Gasteiger partial charge is 0.408 e. The normalized spacial score (nSPS) is 12.7. The quantitative estimate of drug-likeness (QED) is 0.283. The van der Waals surface area contributed by atoms with Crippen molar-refractivity contribution in [2.24, 2.45) is 5.73 Å². The van der Waals surface area contributed by atoms with Crippen LogP contribution in [-0.4, -0.2) is 63.7 Å². The lowest BCUT2D eigenvalue weighted by Gasteiger charge is -2.34. The van der Waals surface area contributed by atoms with Gasteiger partial charge in [-0.15, -0.1) is 0 Å². The Kier molecular flexibility index (Phi) is 11.1. The molecule has 11 nitrogen and oxygen atoms in total. The second kappa shape index (κ2) is 13.8. The summed E-state index contributed by atoms with van der Waals surface area (Å²) in [5, 5.41) is 26.2. The van der Waals surface area contributed by atoms with Crippen LogP contribution in [0.2, 0.25) is 0 Å². The molecule has 218 valence electrons. The van der Waals surface area contributed by atoms with Gasteiger partial charge in [-0.3, -0.25) is 14.4 Å². The maximum Gasteiger partial charge on any atom is 0.408 e. The zero-order chi connectivity index (χ0) is 30.2. The van der Waals surface area contributed by atoms with Gasteiger partial charge in [0.2, 0.25) is 11.8 Å². The van der Waals surface area contributed by atoms with Gasteiger partial charge in [-0.1, -0.05) is 36.4 Å². The third-order valence-corrected chi connectivity index (χ3v) is 6.15. The van der Waals surface area contributed by atoms with Crippen LogP contribution >= 0.6 is 0 Å². The predicted octanol–water partition coefficient (Wildman–Crippen LogP) is 2.98. The zero-order valence-electron chi connectivity index (χ0n) is 23.9. The van der Waals surface area contributed by atoms with Gasteiger partial charge >= 0.3 is 6.09 Å². The van der Waals surface area contributed by atoms with Crippen molar-refractivity contribution in [3.8, 4) is 5.75 Å². The van der Waals surface area contributed by atoms with Crippen molar-refractivity contribution in [1.82, 2.24) is 10.2 Å². The number of aliphatic hydroxyl groups is 1. The van der Waals surface area contributed by atoms with E-state index in [9.17, 15) is 29.4 Å². The fraction of sp³-hybridized carbons (Fsp3) is 0.448. The van der Waals surface area contributed by atoms with Crippen molar-refractivity contribution in [2.75, 3.05) is 18.5 Å². The lowest BCUT2D eigenvalue weighted by Crippen LogP contribution is -2.53. The number of alkyl carbamates (subject to hydrolysis) is 1. The van der Waals surface area contributed by atoms with Crippen LogP contribution in [0.4, 0.5) is 10.5 Å². The molecule has 2 atom stereocenters. The van der Waals surface area contributed by atoms with Crippen LogP contribution in [0.3, 0.4) is 0 Å². The molecule has 2 aromatic carbocycles. The largest absolute Gasteiger partial charge is 0.507 e. The van der Waals surface area contributed by atoms with Crippen molar-refractivity contribution >= 4 is 29.5 Å². The van der Waals surface area contributed by atoms with E-state index >= 15 is 0 Å². The first-order valence-corrected chi connectivity index (χ1v) is 13.0. The molecule has 0 spiro atoms. The number of aromatic hydroxyl groups is 1. The van der Waals surface area contributed by atoms with E-state index in [1.807, 2.05) is 32.0 Å². The number of phenolic OH excluding ortho intramolecular Hbond substituents is 1. The Morgan fingerprint density at radius 1 is 1.00 bits per heavy atom. The van der Waals surface area contributed by atoms with Crippen LogP contribution < -0.4 is 16.4 Å². The maximum absolute atomic E-state index is 14.0. The van der Waals surface area contributed by atoms with Crippen LogP contribution in [0, 0.1) is 20.8 Å². The van der Waals surface area contributed by atoms with E-state index in [0.717, 1.165) is 16.0 Å². The van der Waals surface area contributed by atoms with Gasteiger partial charge in [0.1, 0.15) is 23.4 Å². The minimum atomic E-state index is -1.41. The minimum absolute atomic E-state index is 0.122. The Balaban J connectivity index is 2.61. The van der Waals surface area contributed by atoms with Crippen molar-refractivity contribution in [3.05, 3.63) is 58.7 Å². The number of ether oxygens (including phenoxy) is 1. The first kappa shape index (κ1) is 32.1. The van der Waals surface area contributed by atoms with E-state index < -0.39 is 48.1 Å². The molecule has 2 rings (SSSR count). The summed E-state index contributed by atoms with van der Waals surface area (Å²) in [6, 6.07) is 7.55. The molecule has 4 amide bonds. The minimum Gasteiger partial charge on any atom is -0.507 e. The fourth-order valence-electron chi connectivity index (χ4n) is 4.22. The van der Waals surface area contributed by atoms with Crippen molar-refractivity contribution in [1.29, 1.82) is 0 Å². The first-order chi connectivity index (χ1) is 18.7. The van der Waals surface area contributed by atoms with Crippen LogP contribution in [0.5, 0.6) is 5.75 Å². The SMILES string of the molecule is Cc1cccc(C(C(=O)Nc2c(C)cccc2C)N(CCO)C(=O)C(CCC(N)=O)NC(=O)OC(C)(C)C)c1O. The van der Waals surface area contributed by atoms with Gasteiger partial charge in [0.25, 0.3) is 5.91 Å². The predicted molar refractivity (Wildman–Crippen MR) is 151 cm³/mol. The maximum atomic E-state index is 14.0. The number of aryl methyl sites for hydroxylation is 3. The molecular formula is C29H40N4O7. The summed E-state index contributed by atoms with van der Waals surface area (Å²) in [5.74, 6) is -2.32. The van der Waals surface area contributed by atoms with Gasteiger partial charge in [0, 0.05) is 24.2 Å². The Bertz CT molecular complexity index is 1220. The van der Waals surface area contributed by atoms with Gasteiger partial charge < -0.3 is 36.2 Å². The van der Waals surface area contributed by atoms with E-state index in [-0.39, 0.29) is 30.7 Å². The number of aliphatic hydroxyl groups excluding tert-OH is 1. The second-order valence-corrected chi connectivity index (χ2v) is 10.6. The van der Waals surface area contributed by atoms with E-state index in [4.69, 9.17) is 10.5 Å². The van der Waals surface area contributed by atoms with Crippen molar-refractivity contribution in [2.45, 2.75) is 72.1 Å². The van der Waals surface area contributed by atoms with Gasteiger partial charge in [-0.2, -0.15) is 0 Å². The molecule has 0 saturated heterocycles. The number of hydrogen-bond acceptors (Lipinski definition) is 7. The molecule has 0 aromatic heterocycles. The number of primary amides is 1. The number of carbonyl (C=O) groups is 4. The fourth-order valence-corrected chi connectivity index (χ4v) is 4.22. The summed E-state index contributed by atoms with van der Waals surface area (Å²) in [6.45, 7) is 9.40. The Hall–Kier alpha value is -4.12. The Morgan fingerprint density at radius 2 is 1.57 bits per heavy atom. The number of rotatable bonds is 11. The van der Waals surface area contributed by atoms with Crippen molar-refractivity contribution in [3.63, 3.8) is 0 Å². The number of amides is 4. The topological polar surface area (TPSA) is 171 Å². The average molecular weight is 557 g/mol. The van der Waals surface area contributed by atoms with E-state index in [1.165, 1.54) is 6.07 Å². The number of nitrogens with one attached hydrogen (secondary N) is 2. The van der Waals surface area contributed by atoms with Crippen LogP contribution in [0.15, 0.2) is 36.4 Å². The number of anilines is 1. The highest BCUT2D eigenvalue weighted by Crippen LogP contribution is 2.34. The summed E-state index contributed by atoms with van der Waals surface area (Å²) in [7, 11) is 0. The average Bonchev–Trinajstić information content (AvgIpc) is 2.84. The summed E-state index contributed by atoms with van der Waals surface area (Å²) in [5.41, 5.74) is 7.14. The molecule has 0 heterocycles. The third kappa shape index (κ3) is 8.70. The third-order valence-electron chi connectivity index (χ3n) is 6.15. The lowest BCUT2D eigenvalue weighted by atomic mass is 9.98. The molecule has 2 unspecified atom stereocenters. The molecule has 40 heavy (non-hydrogen) atoms. The number of nitrogens with zero attached hydrogens (tertiary/aromatic N) is 1. The number of phenols is 1. The standard InChI is InChI=1S/C29H40N4O7/c1-17-9-7-10-18(2)23(17)32-26(37)24(20-12-8-11-19(3)25(20)36)33(15-16-34)27(38)21(13-14-22(30)35)31-28(39)40-29(4,5)6/h7-12,21,24,34,36H,13-16H2,1-6H3,(H2,30,35)(H,31,39)(H,32,37). The van der Waals surface area contributed by atoms with Gasteiger partial charge in [0.05, 0.1) is 6.61 Å². The molecule has 0 saturated carbocycles. The Labute approximate surface area is 234 Å². The summed E-state index contributed by atoms with van der Waals surface area (Å²) in [4.78, 5) is 53.1. The number of nitrogens with two attached hydrogens (primary N) is 1. The summed E-state index contributed by atoms with van der Waals surface area (Å²) in [6.07, 6.45) is -1.33. The van der Waals surface area contributed by atoms with Gasteiger partial charge in [-0.05, 0) is 64.7 Å². The van der Waals surface area contributed by atoms with Crippen LogP contribution in [-0.2, 0) is 19.1 Å². The van der Waals surface area contributed by atoms with Gasteiger partial charge in [-0.25, -0.2) is 4.79 Å². The van der Waals surface area contributed by atoms with E-state index in [1.54, 1.807) is 39.8 Å². The number of hydrogen-bond donors (Lipinski definition) is 5. The number of para-hydroxylation sites is 2. The lowest BCUT2D eigenvalue weighted by molar-refractivity contribution is -0.141. The highest BCUT2D eigenvalue weighted by Gasteiger charge is 2.38. The van der Waals surface area contributed by atoms with Crippen molar-refractivity contribution < 1.29 is 34.1 Å². The molecule has 0 aliphatic heterocycles. The molecule has 0 fully saturated rings. The highest BCUT2D eigenvalue weighted by molar-refractivity contribution is 6.00. The van der Waals surface area contributed by atoms with Gasteiger partial charge in [0.15, 0.2) is 0 Å². The monoisotopic (exact) mass is 556 g/mol. The molecular weight excluding hydrogens is 516 g/mol. The molecule has 0 aliphatic carbocycles. The van der Waals surface area contributed by atoms with Crippen LogP contribution in [0.25, 0.3) is 0 Å². The second-order valence-electron chi connectivity index (χ2n) is 10.6. The summed E-state index contributed by atoms with van der Waals surface area (Å²) >= 11 is 0. The molecule has 0 bridgehead atoms. The molecule has 0 aliphatic rings. The van der Waals surface area contributed by atoms with Crippen LogP contribution in [0.1, 0.15) is 61.9 Å². The molecule has 6 N–H and O–H groups in total. The molecule has 11 heteroatoms. The van der Waals surface area contributed by atoms with E-state index in [0.29, 0.717) is 11.3 Å². The zero-order valence-corrected chi connectivity index (χ0v) is 23.9. The highest BCUT2D eigenvalue weighted by atomic mass is 16.6. The van der Waals surface area contributed by atoms with E-state index in [2.05, 4.69) is 10.6 Å². The number of carbonyl (C=O) groups excluding carboxylic acids is 4.